The lowest BCUT2D eigenvalue weighted by Gasteiger charge is -2.15. The van der Waals surface area contributed by atoms with Gasteiger partial charge < -0.3 is 5.32 Å². The second-order valence-electron chi connectivity index (χ2n) is 6.58. The molecule has 1 N–H and O–H groups in total. The molecule has 1 aromatic heterocycles. The summed E-state index contributed by atoms with van der Waals surface area (Å²) in [7, 11) is -0.742. The quantitative estimate of drug-likeness (QED) is 0.669. The molecule has 152 valence electrons. The van der Waals surface area contributed by atoms with Crippen molar-refractivity contribution in [3.63, 3.8) is 0 Å². The van der Waals surface area contributed by atoms with Gasteiger partial charge in [0.15, 0.2) is 0 Å². The zero-order chi connectivity index (χ0) is 21.2. The van der Waals surface area contributed by atoms with Crippen LogP contribution < -0.4 is 5.32 Å². The van der Waals surface area contributed by atoms with Gasteiger partial charge in [0.2, 0.25) is 10.0 Å². The van der Waals surface area contributed by atoms with E-state index in [1.807, 2.05) is 0 Å². The van der Waals surface area contributed by atoms with Gasteiger partial charge in [-0.25, -0.2) is 21.8 Å². The highest BCUT2D eigenvalue weighted by Gasteiger charge is 2.22. The summed E-state index contributed by atoms with van der Waals surface area (Å²) in [5, 5.41) is 6.83. The number of hydrogen-bond acceptors (Lipinski definition) is 4. The average molecular weight is 416 g/mol. The number of carbonyl (C=O) groups is 1. The third-order valence-corrected chi connectivity index (χ3v) is 6.42. The highest BCUT2D eigenvalue weighted by Crippen LogP contribution is 2.20. The molecule has 0 radical (unpaired) electrons. The maximum absolute atomic E-state index is 14.0. The summed E-state index contributed by atoms with van der Waals surface area (Å²) in [5.74, 6) is -0.879. The molecule has 3 aromatic rings. The summed E-state index contributed by atoms with van der Waals surface area (Å²) in [6, 6.07) is 12.6. The van der Waals surface area contributed by atoms with Crippen LogP contribution in [0.3, 0.4) is 0 Å². The molecule has 1 heterocycles. The summed E-state index contributed by atoms with van der Waals surface area (Å²) in [5.41, 5.74) is 1.46. The first-order valence-corrected chi connectivity index (χ1v) is 10.3. The monoisotopic (exact) mass is 416 g/mol. The average Bonchev–Trinajstić information content (AvgIpc) is 3.08. The number of nitrogens with one attached hydrogen (secondary N) is 1. The Balaban J connectivity index is 1.83. The van der Waals surface area contributed by atoms with Crippen LogP contribution >= 0.6 is 0 Å². The fraction of sp³-hybridized carbons (Fsp3) is 0.200. The van der Waals surface area contributed by atoms with Crippen molar-refractivity contribution < 1.29 is 17.6 Å². The second kappa shape index (κ2) is 8.14. The van der Waals surface area contributed by atoms with Crippen molar-refractivity contribution in [3.8, 4) is 5.69 Å². The molecule has 9 heteroatoms. The van der Waals surface area contributed by atoms with Crippen LogP contribution in [0.15, 0.2) is 59.6 Å². The number of sulfonamides is 1. The van der Waals surface area contributed by atoms with Crippen LogP contribution in [0, 0.1) is 12.7 Å². The number of nitrogens with zero attached hydrogens (tertiary/aromatic N) is 3. The van der Waals surface area contributed by atoms with E-state index in [1.165, 1.54) is 37.1 Å². The van der Waals surface area contributed by atoms with E-state index in [1.54, 1.807) is 43.3 Å². The number of para-hydroxylation sites is 1. The van der Waals surface area contributed by atoms with Crippen molar-refractivity contribution in [2.75, 3.05) is 14.1 Å². The summed E-state index contributed by atoms with van der Waals surface area (Å²) >= 11 is 0. The number of hydrogen-bond donors (Lipinski definition) is 1. The molecular formula is C20H21FN4O3S. The number of carbonyl (C=O) groups excluding carboxylic acids is 1. The molecule has 0 atom stereocenters. The predicted octanol–water partition coefficient (Wildman–Crippen LogP) is 2.50. The Kier molecular flexibility index (Phi) is 5.81. The minimum absolute atomic E-state index is 0.0202. The van der Waals surface area contributed by atoms with Crippen LogP contribution in [0.25, 0.3) is 5.69 Å². The summed E-state index contributed by atoms with van der Waals surface area (Å²) in [4.78, 5) is 12.8. The molecule has 29 heavy (non-hydrogen) atoms. The van der Waals surface area contributed by atoms with E-state index >= 15 is 0 Å². The van der Waals surface area contributed by atoms with E-state index in [0.29, 0.717) is 11.3 Å². The molecule has 0 saturated carbocycles. The molecule has 7 nitrogen and oxygen atoms in total. The lowest BCUT2D eigenvalue weighted by atomic mass is 10.2. The minimum Gasteiger partial charge on any atom is -0.348 e. The van der Waals surface area contributed by atoms with E-state index in [-0.39, 0.29) is 22.7 Å². The van der Waals surface area contributed by atoms with Crippen LogP contribution in [0.2, 0.25) is 0 Å². The number of halogens is 1. The minimum atomic E-state index is -3.64. The molecule has 0 unspecified atom stereocenters. The molecule has 0 aliphatic rings. The predicted molar refractivity (Wildman–Crippen MR) is 107 cm³/mol. The number of amides is 1. The third-order valence-electron chi connectivity index (χ3n) is 4.51. The van der Waals surface area contributed by atoms with Gasteiger partial charge in [-0.15, -0.1) is 0 Å². The molecule has 0 bridgehead atoms. The molecule has 2 aromatic carbocycles. The van der Waals surface area contributed by atoms with Gasteiger partial charge in [-0.05, 0) is 30.7 Å². The van der Waals surface area contributed by atoms with E-state index in [0.717, 1.165) is 4.31 Å². The molecule has 0 aliphatic heterocycles. The fourth-order valence-corrected chi connectivity index (χ4v) is 3.98. The fourth-order valence-electron chi connectivity index (χ4n) is 2.87. The van der Waals surface area contributed by atoms with E-state index in [4.69, 9.17) is 0 Å². The Morgan fingerprint density at radius 1 is 1.14 bits per heavy atom. The topological polar surface area (TPSA) is 84.3 Å². The van der Waals surface area contributed by atoms with E-state index in [9.17, 15) is 17.6 Å². The molecule has 0 fully saturated rings. The standard InChI is InChI=1S/C20H21FN4O3S/c1-14-16(13-23-25(14)18-10-6-5-9-17(18)21)20(26)22-12-15-8-4-7-11-19(15)29(27,28)24(2)3/h4-11,13H,12H2,1-3H3,(H,22,26). The maximum Gasteiger partial charge on any atom is 0.255 e. The summed E-state index contributed by atoms with van der Waals surface area (Å²) in [6.07, 6.45) is 1.36. The molecular weight excluding hydrogens is 395 g/mol. The first-order chi connectivity index (χ1) is 13.7. The third kappa shape index (κ3) is 4.06. The van der Waals surface area contributed by atoms with E-state index in [2.05, 4.69) is 10.4 Å². The van der Waals surface area contributed by atoms with Gasteiger partial charge in [-0.1, -0.05) is 30.3 Å². The van der Waals surface area contributed by atoms with Gasteiger partial charge >= 0.3 is 0 Å². The molecule has 0 aliphatic carbocycles. The Hall–Kier alpha value is -3.04. The Labute approximate surface area is 168 Å². The number of benzene rings is 2. The summed E-state index contributed by atoms with van der Waals surface area (Å²) in [6.45, 7) is 1.69. The van der Waals surface area contributed by atoms with Crippen molar-refractivity contribution in [1.82, 2.24) is 19.4 Å². The Morgan fingerprint density at radius 3 is 2.48 bits per heavy atom. The molecule has 3 rings (SSSR count). The SMILES string of the molecule is Cc1c(C(=O)NCc2ccccc2S(=O)(=O)N(C)C)cnn1-c1ccccc1F. The van der Waals surface area contributed by atoms with Crippen LogP contribution in [-0.4, -0.2) is 42.5 Å². The van der Waals surface area contributed by atoms with Crippen molar-refractivity contribution in [2.45, 2.75) is 18.4 Å². The van der Waals surface area contributed by atoms with Gasteiger partial charge in [-0.3, -0.25) is 4.79 Å². The van der Waals surface area contributed by atoms with Gasteiger partial charge in [0.25, 0.3) is 5.91 Å². The van der Waals surface area contributed by atoms with Gasteiger partial charge in [-0.2, -0.15) is 5.10 Å². The second-order valence-corrected chi connectivity index (χ2v) is 8.70. The van der Waals surface area contributed by atoms with Crippen molar-refractivity contribution in [2.24, 2.45) is 0 Å². The van der Waals surface area contributed by atoms with Crippen LogP contribution in [0.1, 0.15) is 21.6 Å². The molecule has 0 saturated heterocycles. The number of rotatable bonds is 6. The molecule has 1 amide bonds. The smallest absolute Gasteiger partial charge is 0.255 e. The summed E-state index contributed by atoms with van der Waals surface area (Å²) < 4.78 is 41.5. The number of aromatic nitrogens is 2. The van der Waals surface area contributed by atoms with Crippen LogP contribution in [0.5, 0.6) is 0 Å². The highest BCUT2D eigenvalue weighted by atomic mass is 32.2. The first-order valence-electron chi connectivity index (χ1n) is 8.81. The van der Waals surface area contributed by atoms with Crippen LogP contribution in [-0.2, 0) is 16.6 Å². The van der Waals surface area contributed by atoms with Crippen molar-refractivity contribution in [1.29, 1.82) is 0 Å². The van der Waals surface area contributed by atoms with Crippen LogP contribution in [0.4, 0.5) is 4.39 Å². The van der Waals surface area contributed by atoms with Gasteiger partial charge in [0.1, 0.15) is 11.5 Å². The maximum atomic E-state index is 14.0. The lowest BCUT2D eigenvalue weighted by Crippen LogP contribution is -2.27. The highest BCUT2D eigenvalue weighted by molar-refractivity contribution is 7.89. The largest absolute Gasteiger partial charge is 0.348 e. The van der Waals surface area contributed by atoms with Gasteiger partial charge in [0.05, 0.1) is 22.3 Å². The Morgan fingerprint density at radius 2 is 1.79 bits per heavy atom. The first kappa shape index (κ1) is 20.7. The zero-order valence-electron chi connectivity index (χ0n) is 16.3. The molecule has 0 spiro atoms. The lowest BCUT2D eigenvalue weighted by molar-refractivity contribution is 0.0950. The van der Waals surface area contributed by atoms with Gasteiger partial charge in [0, 0.05) is 20.6 Å². The zero-order valence-corrected chi connectivity index (χ0v) is 17.1. The van der Waals surface area contributed by atoms with Crippen molar-refractivity contribution >= 4 is 15.9 Å². The van der Waals surface area contributed by atoms with E-state index < -0.39 is 21.7 Å². The normalized spacial score (nSPS) is 11.6. The van der Waals surface area contributed by atoms with Crippen molar-refractivity contribution in [3.05, 3.63) is 77.4 Å². The Bertz CT molecular complexity index is 1160.